The second-order valence-electron chi connectivity index (χ2n) is 9.47. The van der Waals surface area contributed by atoms with Crippen molar-refractivity contribution in [2.45, 2.75) is 81.9 Å². The van der Waals surface area contributed by atoms with E-state index in [1.54, 1.807) is 0 Å². The molecule has 160 valence electrons. The van der Waals surface area contributed by atoms with E-state index in [4.69, 9.17) is 28.4 Å². The molecule has 0 aromatic heterocycles. The van der Waals surface area contributed by atoms with Crippen LogP contribution in [0, 0.1) is 17.8 Å². The average Bonchev–Trinajstić information content (AvgIpc) is 2.94. The van der Waals surface area contributed by atoms with Crippen LogP contribution in [0.2, 0.25) is 0 Å². The predicted molar refractivity (Wildman–Crippen MR) is 102 cm³/mol. The van der Waals surface area contributed by atoms with Gasteiger partial charge in [-0.2, -0.15) is 0 Å². The molecule has 28 heavy (non-hydrogen) atoms. The van der Waals surface area contributed by atoms with Crippen LogP contribution in [-0.2, 0) is 28.4 Å². The van der Waals surface area contributed by atoms with E-state index < -0.39 is 0 Å². The molecule has 5 fully saturated rings. The monoisotopic (exact) mass is 396 g/mol. The van der Waals surface area contributed by atoms with Crippen molar-refractivity contribution in [3.8, 4) is 0 Å². The molecule has 0 aromatic rings. The van der Waals surface area contributed by atoms with E-state index in [0.717, 1.165) is 78.0 Å². The maximum absolute atomic E-state index is 6.67. The number of ether oxygens (including phenoxy) is 6. The topological polar surface area (TPSA) is 55.4 Å². The highest BCUT2D eigenvalue weighted by atomic mass is 16.7. The lowest BCUT2D eigenvalue weighted by Crippen LogP contribution is -2.47. The van der Waals surface area contributed by atoms with Crippen molar-refractivity contribution < 1.29 is 28.4 Å². The number of rotatable bonds is 2. The summed E-state index contributed by atoms with van der Waals surface area (Å²) in [4.78, 5) is 0. The molecule has 2 saturated carbocycles. The van der Waals surface area contributed by atoms with E-state index in [9.17, 15) is 0 Å². The van der Waals surface area contributed by atoms with E-state index in [-0.39, 0.29) is 17.7 Å². The lowest BCUT2D eigenvalue weighted by atomic mass is 9.76. The van der Waals surface area contributed by atoms with Crippen LogP contribution in [0.25, 0.3) is 0 Å². The Labute approximate surface area is 168 Å². The minimum absolute atomic E-state index is 0.233. The van der Waals surface area contributed by atoms with Crippen LogP contribution < -0.4 is 0 Å². The fourth-order valence-electron chi connectivity index (χ4n) is 6.16. The first-order valence-corrected chi connectivity index (χ1v) is 11.5. The Bertz CT molecular complexity index is 508. The second kappa shape index (κ2) is 8.48. The molecule has 5 unspecified atom stereocenters. The smallest absolute Gasteiger partial charge is 0.168 e. The summed E-state index contributed by atoms with van der Waals surface area (Å²) < 4.78 is 36.3. The summed E-state index contributed by atoms with van der Waals surface area (Å²) in [5, 5.41) is 0. The molecule has 0 bridgehead atoms. The van der Waals surface area contributed by atoms with Gasteiger partial charge in [0.05, 0.1) is 32.5 Å². The molecule has 5 atom stereocenters. The summed E-state index contributed by atoms with van der Waals surface area (Å²) in [6.07, 6.45) is 11.1. The molecule has 2 spiro atoms. The first kappa shape index (κ1) is 19.7. The second-order valence-corrected chi connectivity index (χ2v) is 9.47. The zero-order valence-corrected chi connectivity index (χ0v) is 17.1. The van der Waals surface area contributed by atoms with Crippen LogP contribution in [0.5, 0.6) is 0 Å². The molecule has 0 N–H and O–H groups in total. The Morgan fingerprint density at radius 2 is 1.43 bits per heavy atom. The first-order valence-electron chi connectivity index (χ1n) is 11.5. The number of hydrogen-bond acceptors (Lipinski definition) is 6. The Hall–Kier alpha value is -0.240. The van der Waals surface area contributed by atoms with Gasteiger partial charge < -0.3 is 28.4 Å². The summed E-state index contributed by atoms with van der Waals surface area (Å²) >= 11 is 0. The fourth-order valence-corrected chi connectivity index (χ4v) is 6.16. The number of hydrogen-bond donors (Lipinski definition) is 0. The molecule has 0 radical (unpaired) electrons. The molecule has 3 heterocycles. The lowest BCUT2D eigenvalue weighted by Gasteiger charge is -2.45. The van der Waals surface area contributed by atoms with Gasteiger partial charge in [-0.25, -0.2) is 0 Å². The molecule has 5 aliphatic rings. The molecule has 0 aromatic carbocycles. The Kier molecular flexibility index (Phi) is 5.97. The van der Waals surface area contributed by atoms with Crippen molar-refractivity contribution in [3.05, 3.63) is 0 Å². The Morgan fingerprint density at radius 1 is 0.607 bits per heavy atom. The van der Waals surface area contributed by atoms with Crippen LogP contribution in [-0.4, -0.2) is 57.5 Å². The van der Waals surface area contributed by atoms with Crippen LogP contribution in [0.3, 0.4) is 0 Å². The van der Waals surface area contributed by atoms with E-state index in [0.29, 0.717) is 24.5 Å². The van der Waals surface area contributed by atoms with E-state index in [2.05, 4.69) is 0 Å². The van der Waals surface area contributed by atoms with Crippen molar-refractivity contribution in [3.63, 3.8) is 0 Å². The van der Waals surface area contributed by atoms with Gasteiger partial charge in [0.2, 0.25) is 0 Å². The molecule has 3 saturated heterocycles. The SMILES string of the molecule is C1COC2(CCCC(C3CCC4(C3)OCCC(C3CCOCOC3)O4)C2)OC1. The summed E-state index contributed by atoms with van der Waals surface area (Å²) in [6.45, 7) is 4.43. The molecule has 2 aliphatic carbocycles. The zero-order chi connectivity index (χ0) is 18.9. The third-order valence-corrected chi connectivity index (χ3v) is 7.65. The van der Waals surface area contributed by atoms with Crippen molar-refractivity contribution in [2.24, 2.45) is 17.8 Å². The minimum atomic E-state index is -0.375. The first-order chi connectivity index (χ1) is 13.8. The normalized spacial score (nSPS) is 44.6. The van der Waals surface area contributed by atoms with Gasteiger partial charge >= 0.3 is 0 Å². The largest absolute Gasteiger partial charge is 0.355 e. The van der Waals surface area contributed by atoms with Crippen molar-refractivity contribution in [1.29, 1.82) is 0 Å². The van der Waals surface area contributed by atoms with Crippen LogP contribution in [0.1, 0.15) is 64.2 Å². The average molecular weight is 397 g/mol. The highest BCUT2D eigenvalue weighted by molar-refractivity contribution is 4.94. The van der Waals surface area contributed by atoms with Crippen LogP contribution in [0.15, 0.2) is 0 Å². The van der Waals surface area contributed by atoms with Crippen LogP contribution >= 0.6 is 0 Å². The van der Waals surface area contributed by atoms with Gasteiger partial charge in [-0.1, -0.05) is 0 Å². The lowest BCUT2D eigenvalue weighted by molar-refractivity contribution is -0.304. The quantitative estimate of drug-likeness (QED) is 0.711. The zero-order valence-electron chi connectivity index (χ0n) is 17.1. The standard InChI is InChI=1S/C22H36O6/c1-3-17(13-21(7-1)25-9-2-10-26-21)18-4-8-22(14-18)27-12-6-20(28-22)19-5-11-23-16-24-15-19/h17-20H,1-16H2. The summed E-state index contributed by atoms with van der Waals surface area (Å²) in [5.41, 5.74) is 0. The summed E-state index contributed by atoms with van der Waals surface area (Å²) in [6, 6.07) is 0. The molecule has 6 nitrogen and oxygen atoms in total. The third kappa shape index (κ3) is 4.14. The van der Waals surface area contributed by atoms with Crippen molar-refractivity contribution >= 4 is 0 Å². The van der Waals surface area contributed by atoms with Crippen LogP contribution in [0.4, 0.5) is 0 Å². The van der Waals surface area contributed by atoms with E-state index in [1.807, 2.05) is 0 Å². The summed E-state index contributed by atoms with van der Waals surface area (Å²) in [5.74, 6) is 1.06. The molecule has 5 rings (SSSR count). The molecule has 6 heteroatoms. The van der Waals surface area contributed by atoms with Gasteiger partial charge in [-0.05, 0) is 50.4 Å². The van der Waals surface area contributed by atoms with Crippen molar-refractivity contribution in [2.75, 3.05) is 39.8 Å². The van der Waals surface area contributed by atoms with Gasteiger partial charge in [-0.15, -0.1) is 0 Å². The maximum Gasteiger partial charge on any atom is 0.168 e. The summed E-state index contributed by atoms with van der Waals surface area (Å²) in [7, 11) is 0. The third-order valence-electron chi connectivity index (χ3n) is 7.65. The predicted octanol–water partition coefficient (Wildman–Crippen LogP) is 3.62. The van der Waals surface area contributed by atoms with E-state index in [1.165, 1.54) is 19.3 Å². The fraction of sp³-hybridized carbons (Fsp3) is 1.00. The molecule has 3 aliphatic heterocycles. The highest BCUT2D eigenvalue weighted by Crippen LogP contribution is 2.50. The van der Waals surface area contributed by atoms with Crippen molar-refractivity contribution in [1.82, 2.24) is 0 Å². The maximum atomic E-state index is 6.67. The molecule has 0 amide bonds. The van der Waals surface area contributed by atoms with Gasteiger partial charge in [0.25, 0.3) is 0 Å². The van der Waals surface area contributed by atoms with Gasteiger partial charge in [-0.3, -0.25) is 0 Å². The van der Waals surface area contributed by atoms with Gasteiger partial charge in [0.1, 0.15) is 6.79 Å². The molecular formula is C22H36O6. The minimum Gasteiger partial charge on any atom is -0.355 e. The van der Waals surface area contributed by atoms with Gasteiger partial charge in [0.15, 0.2) is 11.6 Å². The highest BCUT2D eigenvalue weighted by Gasteiger charge is 2.50. The van der Waals surface area contributed by atoms with Gasteiger partial charge in [0, 0.05) is 38.2 Å². The Morgan fingerprint density at radius 3 is 2.36 bits per heavy atom. The molecular weight excluding hydrogens is 360 g/mol. The Balaban J connectivity index is 1.21. The van der Waals surface area contributed by atoms with E-state index >= 15 is 0 Å².